The lowest BCUT2D eigenvalue weighted by Gasteiger charge is -2.28. The van der Waals surface area contributed by atoms with Crippen LogP contribution in [0, 0.1) is 5.82 Å². The molecule has 9 heteroatoms. The van der Waals surface area contributed by atoms with Crippen LogP contribution in [0.4, 0.5) is 9.18 Å². The molecule has 2 heterocycles. The average Bonchev–Trinajstić information content (AvgIpc) is 3.02. The van der Waals surface area contributed by atoms with E-state index < -0.39 is 11.1 Å². The van der Waals surface area contributed by atoms with Gasteiger partial charge in [0, 0.05) is 0 Å². The number of rotatable bonds is 6. The van der Waals surface area contributed by atoms with E-state index in [1.807, 2.05) is 12.1 Å². The Labute approximate surface area is 170 Å². The first kappa shape index (κ1) is 19.3. The van der Waals surface area contributed by atoms with Gasteiger partial charge in [0.2, 0.25) is 5.91 Å². The molecular formula is C20H17FN2O5S. The summed E-state index contributed by atoms with van der Waals surface area (Å²) in [7, 11) is 0. The molecule has 1 N–H and O–H groups in total. The van der Waals surface area contributed by atoms with Crippen LogP contribution in [0.15, 0.2) is 42.5 Å². The molecule has 1 fully saturated rings. The van der Waals surface area contributed by atoms with Crippen molar-refractivity contribution in [1.29, 1.82) is 0 Å². The molecule has 0 aliphatic carbocycles. The molecule has 1 saturated heterocycles. The number of nitrogens with zero attached hydrogens (tertiary/aromatic N) is 1. The molecule has 4 rings (SSSR count). The minimum atomic E-state index is -0.489. The summed E-state index contributed by atoms with van der Waals surface area (Å²) >= 11 is 0.995. The number of hydrogen-bond donors (Lipinski definition) is 1. The normalized spacial score (nSPS) is 18.3. The summed E-state index contributed by atoms with van der Waals surface area (Å²) in [6.07, 6.45) is 0.456. The Hall–Kier alpha value is -3.07. The van der Waals surface area contributed by atoms with E-state index in [9.17, 15) is 18.8 Å². The number of hydrogen-bond acceptors (Lipinski definition) is 6. The minimum absolute atomic E-state index is 0.0829. The van der Waals surface area contributed by atoms with Gasteiger partial charge in [0.05, 0.1) is 17.4 Å². The highest BCUT2D eigenvalue weighted by Crippen LogP contribution is 2.26. The summed E-state index contributed by atoms with van der Waals surface area (Å²) < 4.78 is 24.5. The monoisotopic (exact) mass is 416 g/mol. The number of halogens is 1. The molecule has 0 radical (unpaired) electrons. The van der Waals surface area contributed by atoms with E-state index in [4.69, 9.17) is 9.47 Å². The fourth-order valence-corrected chi connectivity index (χ4v) is 3.93. The number of carbonyl (C=O) groups is 3. The third-order valence-corrected chi connectivity index (χ3v) is 5.56. The Morgan fingerprint density at radius 1 is 1.17 bits per heavy atom. The zero-order valence-electron chi connectivity index (χ0n) is 15.2. The molecule has 0 spiro atoms. The van der Waals surface area contributed by atoms with Gasteiger partial charge in [-0.1, -0.05) is 23.9 Å². The molecule has 0 saturated carbocycles. The van der Waals surface area contributed by atoms with E-state index in [0.29, 0.717) is 17.9 Å². The van der Waals surface area contributed by atoms with Crippen LogP contribution in [0.25, 0.3) is 0 Å². The average molecular weight is 416 g/mol. The molecule has 29 heavy (non-hydrogen) atoms. The van der Waals surface area contributed by atoms with E-state index in [1.165, 1.54) is 23.1 Å². The van der Waals surface area contributed by atoms with Crippen molar-refractivity contribution in [3.8, 4) is 11.5 Å². The van der Waals surface area contributed by atoms with E-state index >= 15 is 0 Å². The molecule has 0 bridgehead atoms. The Kier molecular flexibility index (Phi) is 5.39. The molecular weight excluding hydrogens is 399 g/mol. The van der Waals surface area contributed by atoms with Crippen molar-refractivity contribution in [2.45, 2.75) is 11.7 Å². The van der Waals surface area contributed by atoms with Crippen LogP contribution in [0.3, 0.4) is 0 Å². The van der Waals surface area contributed by atoms with E-state index in [2.05, 4.69) is 5.32 Å². The SMILES string of the molecule is O=C1NC(=O)C(Cc2ccc(OCCN3COc4ccc(F)cc4C3=O)cc2)S1. The van der Waals surface area contributed by atoms with Crippen LogP contribution in [0.5, 0.6) is 11.5 Å². The molecule has 150 valence electrons. The Morgan fingerprint density at radius 2 is 1.97 bits per heavy atom. The molecule has 0 aromatic heterocycles. The number of fused-ring (bicyclic) bond motifs is 1. The summed E-state index contributed by atoms with van der Waals surface area (Å²) in [4.78, 5) is 36.7. The van der Waals surface area contributed by atoms with E-state index in [-0.39, 0.29) is 42.5 Å². The minimum Gasteiger partial charge on any atom is -0.492 e. The van der Waals surface area contributed by atoms with E-state index in [0.717, 1.165) is 17.3 Å². The summed E-state index contributed by atoms with van der Waals surface area (Å²) in [6, 6.07) is 11.1. The maximum atomic E-state index is 13.4. The lowest BCUT2D eigenvalue weighted by atomic mass is 10.1. The van der Waals surface area contributed by atoms with Crippen LogP contribution in [0.1, 0.15) is 15.9 Å². The first-order chi connectivity index (χ1) is 14.0. The van der Waals surface area contributed by atoms with Crippen molar-refractivity contribution in [3.63, 3.8) is 0 Å². The number of benzene rings is 2. The quantitative estimate of drug-likeness (QED) is 0.779. The van der Waals surface area contributed by atoms with Gasteiger partial charge in [0.1, 0.15) is 23.9 Å². The Morgan fingerprint density at radius 3 is 2.69 bits per heavy atom. The second-order valence-corrected chi connectivity index (χ2v) is 7.74. The van der Waals surface area contributed by atoms with Crippen molar-refractivity contribution in [3.05, 3.63) is 59.4 Å². The van der Waals surface area contributed by atoms with Crippen LogP contribution in [-0.2, 0) is 11.2 Å². The summed E-state index contributed by atoms with van der Waals surface area (Å²) in [5, 5.41) is 1.54. The van der Waals surface area contributed by atoms with Gasteiger partial charge in [-0.2, -0.15) is 0 Å². The lowest BCUT2D eigenvalue weighted by molar-refractivity contribution is -0.118. The predicted octanol–water partition coefficient (Wildman–Crippen LogP) is 2.59. The molecule has 2 aromatic carbocycles. The standard InChI is InChI=1S/C20H17FN2O5S/c21-13-3-6-16-15(10-13)19(25)23(11-28-16)7-8-27-14-4-1-12(2-5-14)9-17-18(24)22-20(26)29-17/h1-6,10,17H,7-9,11H2,(H,22,24,26). The fourth-order valence-electron chi connectivity index (χ4n) is 3.07. The second-order valence-electron chi connectivity index (χ2n) is 6.56. The summed E-state index contributed by atoms with van der Waals surface area (Å²) in [5.74, 6) is -0.0661. The molecule has 2 aliphatic heterocycles. The maximum Gasteiger partial charge on any atom is 0.286 e. The molecule has 2 aliphatic rings. The van der Waals surface area contributed by atoms with Crippen LogP contribution >= 0.6 is 11.8 Å². The smallest absolute Gasteiger partial charge is 0.286 e. The van der Waals surface area contributed by atoms with Gasteiger partial charge in [-0.3, -0.25) is 19.7 Å². The fraction of sp³-hybridized carbons (Fsp3) is 0.250. The highest BCUT2D eigenvalue weighted by atomic mass is 32.2. The third kappa shape index (κ3) is 4.34. The van der Waals surface area contributed by atoms with E-state index in [1.54, 1.807) is 12.1 Å². The Balaban J connectivity index is 1.28. The Bertz CT molecular complexity index is 966. The van der Waals surface area contributed by atoms with Gasteiger partial charge in [-0.25, -0.2) is 4.39 Å². The predicted molar refractivity (Wildman–Crippen MR) is 103 cm³/mol. The number of thioether (sulfide) groups is 1. The second kappa shape index (κ2) is 8.12. The van der Waals surface area contributed by atoms with Crippen molar-refractivity contribution in [1.82, 2.24) is 10.2 Å². The van der Waals surface area contributed by atoms with Gasteiger partial charge < -0.3 is 14.4 Å². The molecule has 1 unspecified atom stereocenters. The molecule has 2 aromatic rings. The van der Waals surface area contributed by atoms with Crippen LogP contribution in [-0.4, -0.2) is 47.1 Å². The molecule has 7 nitrogen and oxygen atoms in total. The summed E-state index contributed by atoms with van der Waals surface area (Å²) in [5.41, 5.74) is 1.12. The number of carbonyl (C=O) groups excluding carboxylic acids is 3. The summed E-state index contributed by atoms with van der Waals surface area (Å²) in [6.45, 7) is 0.617. The zero-order chi connectivity index (χ0) is 20.4. The van der Waals surface area contributed by atoms with Crippen molar-refractivity contribution in [2.75, 3.05) is 19.9 Å². The van der Waals surface area contributed by atoms with Gasteiger partial charge in [-0.05, 0) is 42.3 Å². The largest absolute Gasteiger partial charge is 0.492 e. The number of imide groups is 1. The van der Waals surface area contributed by atoms with Crippen molar-refractivity contribution < 1.29 is 28.2 Å². The first-order valence-corrected chi connectivity index (χ1v) is 9.82. The van der Waals surface area contributed by atoms with Crippen LogP contribution < -0.4 is 14.8 Å². The van der Waals surface area contributed by atoms with Crippen molar-refractivity contribution >= 4 is 28.8 Å². The van der Waals surface area contributed by atoms with Crippen molar-refractivity contribution in [2.24, 2.45) is 0 Å². The number of ether oxygens (including phenoxy) is 2. The number of nitrogens with one attached hydrogen (secondary N) is 1. The first-order valence-electron chi connectivity index (χ1n) is 8.94. The lowest BCUT2D eigenvalue weighted by Crippen LogP contribution is -2.41. The topological polar surface area (TPSA) is 84.9 Å². The van der Waals surface area contributed by atoms with Crippen LogP contribution in [0.2, 0.25) is 0 Å². The highest BCUT2D eigenvalue weighted by Gasteiger charge is 2.31. The highest BCUT2D eigenvalue weighted by molar-refractivity contribution is 8.15. The maximum absolute atomic E-state index is 13.4. The molecule has 3 amide bonds. The van der Waals surface area contributed by atoms with Gasteiger partial charge in [0.25, 0.3) is 11.1 Å². The van der Waals surface area contributed by atoms with Gasteiger partial charge in [-0.15, -0.1) is 0 Å². The molecule has 1 atom stereocenters. The third-order valence-electron chi connectivity index (χ3n) is 4.58. The zero-order valence-corrected chi connectivity index (χ0v) is 16.0. The number of amides is 3. The van der Waals surface area contributed by atoms with Gasteiger partial charge >= 0.3 is 0 Å². The van der Waals surface area contributed by atoms with Gasteiger partial charge in [0.15, 0.2) is 6.73 Å².